The van der Waals surface area contributed by atoms with Crippen LogP contribution in [0, 0.1) is 0 Å². The third-order valence-corrected chi connectivity index (χ3v) is 6.66. The number of thioether (sulfide) groups is 1. The Morgan fingerprint density at radius 1 is 1.15 bits per heavy atom. The highest BCUT2D eigenvalue weighted by Crippen LogP contribution is 2.33. The minimum atomic E-state index is -0.350. The van der Waals surface area contributed by atoms with Gasteiger partial charge in [-0.2, -0.15) is 0 Å². The highest BCUT2D eigenvalue weighted by atomic mass is 35.5. The Labute approximate surface area is 175 Å². The molecule has 0 aliphatic carbocycles. The Kier molecular flexibility index (Phi) is 7.90. The molecule has 9 heteroatoms. The molecule has 2 fully saturated rings. The number of carbonyl (C=O) groups is 1. The van der Waals surface area contributed by atoms with E-state index in [1.54, 1.807) is 24.2 Å². The molecule has 3 heterocycles. The van der Waals surface area contributed by atoms with Crippen LogP contribution in [0.3, 0.4) is 0 Å². The van der Waals surface area contributed by atoms with Gasteiger partial charge in [0.1, 0.15) is 0 Å². The lowest BCUT2D eigenvalue weighted by Gasteiger charge is -2.36. The van der Waals surface area contributed by atoms with E-state index in [4.69, 9.17) is 28.9 Å². The first-order chi connectivity index (χ1) is 13.1. The molecule has 2 N–H and O–H groups in total. The van der Waals surface area contributed by atoms with Gasteiger partial charge in [-0.05, 0) is 19.4 Å². The summed E-state index contributed by atoms with van der Waals surface area (Å²) in [5.41, 5.74) is 6.96. The minimum Gasteiger partial charge on any atom is -0.366 e. The van der Waals surface area contributed by atoms with Crippen molar-refractivity contribution in [2.24, 2.45) is 5.73 Å². The van der Waals surface area contributed by atoms with Crippen LogP contribution < -0.4 is 10.6 Å². The highest BCUT2D eigenvalue weighted by molar-refractivity contribution is 7.99. The molecular weight excluding hydrogens is 405 g/mol. The molecule has 2 aliphatic heterocycles. The van der Waals surface area contributed by atoms with Crippen LogP contribution in [0.25, 0.3) is 0 Å². The fourth-order valence-electron chi connectivity index (χ4n) is 3.55. The summed E-state index contributed by atoms with van der Waals surface area (Å²) in [6, 6.07) is -0.350. The first kappa shape index (κ1) is 21.0. The van der Waals surface area contributed by atoms with Crippen molar-refractivity contribution in [2.75, 3.05) is 55.8 Å². The largest absolute Gasteiger partial charge is 0.366 e. The molecule has 0 saturated carbocycles. The normalized spacial score (nSPS) is 19.5. The number of rotatable bonds is 7. The molecule has 2 saturated heterocycles. The van der Waals surface area contributed by atoms with Crippen LogP contribution >= 0.6 is 35.0 Å². The number of hydrogen-bond acceptors (Lipinski definition) is 6. The van der Waals surface area contributed by atoms with E-state index in [9.17, 15) is 4.79 Å². The first-order valence-corrected chi connectivity index (χ1v) is 11.4. The number of anilines is 1. The lowest BCUT2D eigenvalue weighted by atomic mass is 10.1. The Bertz CT molecular complexity index is 616. The number of hydrogen-bond donors (Lipinski definition) is 1. The Morgan fingerprint density at radius 3 is 2.48 bits per heavy atom. The van der Waals surface area contributed by atoms with Crippen molar-refractivity contribution in [1.82, 2.24) is 14.8 Å². The van der Waals surface area contributed by atoms with Crippen molar-refractivity contribution in [2.45, 2.75) is 25.3 Å². The number of piperazine rings is 1. The average molecular weight is 432 g/mol. The topological polar surface area (TPSA) is 65.7 Å². The van der Waals surface area contributed by atoms with E-state index in [2.05, 4.69) is 14.8 Å². The van der Waals surface area contributed by atoms with E-state index in [-0.39, 0.29) is 11.9 Å². The number of aromatic nitrogens is 1. The summed E-state index contributed by atoms with van der Waals surface area (Å²) in [6.07, 6.45) is 6.09. The smallest absolute Gasteiger partial charge is 0.240 e. The molecule has 2 aliphatic rings. The average Bonchev–Trinajstić information content (AvgIpc) is 3.20. The molecule has 1 atom stereocenters. The lowest BCUT2D eigenvalue weighted by molar-refractivity contribution is -0.131. The minimum absolute atomic E-state index is 0.111. The maximum Gasteiger partial charge on any atom is 0.240 e. The monoisotopic (exact) mass is 431 g/mol. The molecule has 1 unspecified atom stereocenters. The van der Waals surface area contributed by atoms with E-state index in [0.717, 1.165) is 75.8 Å². The first-order valence-electron chi connectivity index (χ1n) is 9.44. The van der Waals surface area contributed by atoms with E-state index < -0.39 is 0 Å². The second-order valence-electron chi connectivity index (χ2n) is 7.02. The van der Waals surface area contributed by atoms with Crippen LogP contribution in [-0.2, 0) is 4.79 Å². The van der Waals surface area contributed by atoms with Crippen LogP contribution in [-0.4, -0.2) is 77.6 Å². The number of carbonyl (C=O) groups excluding carboxylic acids is 1. The van der Waals surface area contributed by atoms with E-state index >= 15 is 0 Å². The quantitative estimate of drug-likeness (QED) is 0.669. The molecule has 3 rings (SSSR count). The number of amides is 1. The Morgan fingerprint density at radius 2 is 1.85 bits per heavy atom. The molecule has 0 spiro atoms. The van der Waals surface area contributed by atoms with Gasteiger partial charge in [-0.15, -0.1) is 11.8 Å². The van der Waals surface area contributed by atoms with Crippen LogP contribution in [0.1, 0.15) is 19.3 Å². The zero-order chi connectivity index (χ0) is 19.2. The van der Waals surface area contributed by atoms with Crippen LogP contribution in [0.4, 0.5) is 5.69 Å². The summed E-state index contributed by atoms with van der Waals surface area (Å²) < 4.78 is 0. The van der Waals surface area contributed by atoms with Gasteiger partial charge in [0.2, 0.25) is 5.91 Å². The number of unbranched alkanes of at least 4 members (excludes halogenated alkanes) is 1. The van der Waals surface area contributed by atoms with Gasteiger partial charge < -0.3 is 15.5 Å². The van der Waals surface area contributed by atoms with Crippen molar-refractivity contribution >= 4 is 46.6 Å². The SMILES string of the molecule is NC(CCCCN1CCN(c2c(Cl)cncc2Cl)CC1)C(=O)N1CCSC1. The van der Waals surface area contributed by atoms with Crippen LogP contribution in [0.5, 0.6) is 0 Å². The molecular formula is C18H27Cl2N5OS. The third kappa shape index (κ3) is 5.64. The van der Waals surface area contributed by atoms with Gasteiger partial charge in [0.05, 0.1) is 27.7 Å². The van der Waals surface area contributed by atoms with Gasteiger partial charge in [0.25, 0.3) is 0 Å². The van der Waals surface area contributed by atoms with Crippen LogP contribution in [0.2, 0.25) is 10.0 Å². The summed E-state index contributed by atoms with van der Waals surface area (Å²) in [4.78, 5) is 22.8. The Hall–Kier alpha value is -0.730. The van der Waals surface area contributed by atoms with Crippen molar-refractivity contribution in [3.8, 4) is 0 Å². The van der Waals surface area contributed by atoms with Gasteiger partial charge in [0.15, 0.2) is 0 Å². The molecule has 0 bridgehead atoms. The summed E-state index contributed by atoms with van der Waals surface area (Å²) in [7, 11) is 0. The molecule has 1 aromatic heterocycles. The fourth-order valence-corrected chi connectivity index (χ4v) is 5.11. The fraction of sp³-hybridized carbons (Fsp3) is 0.667. The molecule has 1 aromatic rings. The molecule has 150 valence electrons. The maximum atomic E-state index is 12.2. The van der Waals surface area contributed by atoms with Gasteiger partial charge in [-0.1, -0.05) is 29.6 Å². The number of pyridine rings is 1. The lowest BCUT2D eigenvalue weighted by Crippen LogP contribution is -2.47. The zero-order valence-electron chi connectivity index (χ0n) is 15.4. The molecule has 1 amide bonds. The van der Waals surface area contributed by atoms with Gasteiger partial charge in [-0.3, -0.25) is 14.7 Å². The van der Waals surface area contributed by atoms with Gasteiger partial charge in [-0.25, -0.2) is 0 Å². The predicted octanol–water partition coefficient (Wildman–Crippen LogP) is 2.54. The molecule has 6 nitrogen and oxygen atoms in total. The highest BCUT2D eigenvalue weighted by Gasteiger charge is 2.24. The number of halogens is 2. The van der Waals surface area contributed by atoms with Crippen molar-refractivity contribution < 1.29 is 4.79 Å². The number of nitrogens with zero attached hydrogens (tertiary/aromatic N) is 4. The van der Waals surface area contributed by atoms with Crippen molar-refractivity contribution in [1.29, 1.82) is 0 Å². The second kappa shape index (κ2) is 10.2. The van der Waals surface area contributed by atoms with Crippen LogP contribution in [0.15, 0.2) is 12.4 Å². The van der Waals surface area contributed by atoms with Crippen molar-refractivity contribution in [3.05, 3.63) is 22.4 Å². The van der Waals surface area contributed by atoms with E-state index in [1.165, 1.54) is 0 Å². The summed E-state index contributed by atoms with van der Waals surface area (Å²) in [6.45, 7) is 5.62. The van der Waals surface area contributed by atoms with Gasteiger partial charge in [0, 0.05) is 50.9 Å². The summed E-state index contributed by atoms with van der Waals surface area (Å²) in [5, 5.41) is 1.21. The standard InChI is InChI=1S/C18H27Cl2N5OS/c19-14-11-22-12-15(20)17(14)24-7-5-23(6-8-24)4-2-1-3-16(21)18(26)25-9-10-27-13-25/h11-12,16H,1-10,13,21H2. The maximum absolute atomic E-state index is 12.2. The zero-order valence-corrected chi connectivity index (χ0v) is 17.8. The van der Waals surface area contributed by atoms with E-state index in [0.29, 0.717) is 10.0 Å². The predicted molar refractivity (Wildman–Crippen MR) is 114 cm³/mol. The number of nitrogens with two attached hydrogens (primary N) is 1. The van der Waals surface area contributed by atoms with Gasteiger partial charge >= 0.3 is 0 Å². The summed E-state index contributed by atoms with van der Waals surface area (Å²) >= 11 is 14.3. The molecule has 0 aromatic carbocycles. The molecule has 27 heavy (non-hydrogen) atoms. The summed E-state index contributed by atoms with van der Waals surface area (Å²) in [5.74, 6) is 1.93. The Balaban J connectivity index is 1.34. The molecule has 0 radical (unpaired) electrons. The third-order valence-electron chi connectivity index (χ3n) is 5.14. The second-order valence-corrected chi connectivity index (χ2v) is 8.91. The van der Waals surface area contributed by atoms with E-state index in [1.807, 2.05) is 4.90 Å². The van der Waals surface area contributed by atoms with Crippen molar-refractivity contribution in [3.63, 3.8) is 0 Å².